The van der Waals surface area contributed by atoms with Crippen molar-refractivity contribution in [2.75, 3.05) is 5.32 Å². The molecule has 0 saturated carbocycles. The number of carbonyl (C=O) groups excluding carboxylic acids is 1. The number of hydrogen-bond acceptors (Lipinski definition) is 3. The molecule has 0 fully saturated rings. The van der Waals surface area contributed by atoms with Crippen molar-refractivity contribution in [1.82, 2.24) is 0 Å². The molecule has 1 N–H and O–H groups in total. The summed E-state index contributed by atoms with van der Waals surface area (Å²) in [6.07, 6.45) is 0.913. The lowest BCUT2D eigenvalue weighted by Crippen LogP contribution is -2.08. The van der Waals surface area contributed by atoms with Crippen LogP contribution in [0.2, 0.25) is 0 Å². The number of hydrogen-bond donors (Lipinski definition) is 1. The first kappa shape index (κ1) is 13.2. The minimum Gasteiger partial charge on any atom is -0.321 e. The molecule has 0 radical (unpaired) electrons. The number of nitro groups is 1. The molecule has 1 atom stereocenters. The van der Waals surface area contributed by atoms with Gasteiger partial charge >= 0.3 is 0 Å². The fourth-order valence-electron chi connectivity index (χ4n) is 1.54. The van der Waals surface area contributed by atoms with E-state index in [9.17, 15) is 14.9 Å². The van der Waals surface area contributed by atoms with E-state index in [1.54, 1.807) is 6.07 Å². The first-order chi connectivity index (χ1) is 7.95. The van der Waals surface area contributed by atoms with E-state index >= 15 is 0 Å². The zero-order chi connectivity index (χ0) is 13.0. The lowest BCUT2D eigenvalue weighted by molar-refractivity contribution is -0.384. The minimum absolute atomic E-state index is 0.0574. The largest absolute Gasteiger partial charge is 0.321 e. The molecule has 1 unspecified atom stereocenters. The second-order valence-electron chi connectivity index (χ2n) is 4.02. The lowest BCUT2D eigenvalue weighted by atomic mass is 9.98. The first-order valence-corrected chi connectivity index (χ1v) is 5.51. The van der Waals surface area contributed by atoms with Crippen molar-refractivity contribution in [2.24, 2.45) is 0 Å². The molecule has 5 nitrogen and oxygen atoms in total. The summed E-state index contributed by atoms with van der Waals surface area (Å²) in [5.41, 5.74) is 1.10. The van der Waals surface area contributed by atoms with Crippen molar-refractivity contribution < 1.29 is 9.72 Å². The van der Waals surface area contributed by atoms with Crippen molar-refractivity contribution >= 4 is 17.3 Å². The Balaban J connectivity index is 3.17. The maximum atomic E-state index is 10.9. The molecule has 0 aliphatic heterocycles. The second-order valence-corrected chi connectivity index (χ2v) is 4.02. The molecule has 0 bridgehead atoms. The van der Waals surface area contributed by atoms with Crippen LogP contribution in [0.25, 0.3) is 0 Å². The van der Waals surface area contributed by atoms with E-state index in [1.165, 1.54) is 13.0 Å². The van der Waals surface area contributed by atoms with Crippen LogP contribution in [0.15, 0.2) is 18.2 Å². The number of benzene rings is 1. The highest BCUT2D eigenvalue weighted by molar-refractivity contribution is 5.91. The zero-order valence-corrected chi connectivity index (χ0v) is 10.2. The van der Waals surface area contributed by atoms with Crippen molar-refractivity contribution in [3.8, 4) is 0 Å². The van der Waals surface area contributed by atoms with Crippen LogP contribution in [0, 0.1) is 10.1 Å². The van der Waals surface area contributed by atoms with E-state index in [-0.39, 0.29) is 23.2 Å². The van der Waals surface area contributed by atoms with E-state index in [0.29, 0.717) is 0 Å². The van der Waals surface area contributed by atoms with E-state index in [2.05, 4.69) is 5.32 Å². The maximum Gasteiger partial charge on any atom is 0.293 e. The number of carbonyl (C=O) groups is 1. The quantitative estimate of drug-likeness (QED) is 0.645. The molecule has 0 aliphatic rings. The summed E-state index contributed by atoms with van der Waals surface area (Å²) in [7, 11) is 0. The molecule has 1 amide bonds. The Morgan fingerprint density at radius 2 is 2.18 bits per heavy atom. The third kappa shape index (κ3) is 3.27. The Morgan fingerprint density at radius 3 is 2.65 bits per heavy atom. The number of nitrogens with zero attached hydrogens (tertiary/aromatic N) is 1. The predicted octanol–water partition coefficient (Wildman–Crippen LogP) is 3.07. The number of amides is 1. The zero-order valence-electron chi connectivity index (χ0n) is 10.2. The van der Waals surface area contributed by atoms with Gasteiger partial charge in [-0.3, -0.25) is 14.9 Å². The Hall–Kier alpha value is -1.91. The predicted molar refractivity (Wildman–Crippen MR) is 66.1 cm³/mol. The average molecular weight is 236 g/mol. The molecular weight excluding hydrogens is 220 g/mol. The smallest absolute Gasteiger partial charge is 0.293 e. The van der Waals surface area contributed by atoms with Crippen LogP contribution < -0.4 is 5.32 Å². The van der Waals surface area contributed by atoms with Gasteiger partial charge in [0.15, 0.2) is 0 Å². The summed E-state index contributed by atoms with van der Waals surface area (Å²) < 4.78 is 0. The highest BCUT2D eigenvalue weighted by atomic mass is 16.6. The molecule has 0 heterocycles. The van der Waals surface area contributed by atoms with Gasteiger partial charge in [0.2, 0.25) is 5.91 Å². The molecule has 0 spiro atoms. The van der Waals surface area contributed by atoms with E-state index in [1.807, 2.05) is 19.9 Å². The van der Waals surface area contributed by atoms with Crippen molar-refractivity contribution in [3.63, 3.8) is 0 Å². The van der Waals surface area contributed by atoms with Crippen LogP contribution in [0.4, 0.5) is 11.4 Å². The van der Waals surface area contributed by atoms with Gasteiger partial charge in [-0.1, -0.05) is 19.9 Å². The average Bonchev–Trinajstić information content (AvgIpc) is 2.27. The van der Waals surface area contributed by atoms with Crippen molar-refractivity contribution in [1.29, 1.82) is 0 Å². The summed E-state index contributed by atoms with van der Waals surface area (Å²) in [5, 5.41) is 13.4. The standard InChI is InChI=1S/C12H16N2O3/c1-4-8(2)10-5-6-11(13-9(3)15)12(7-10)14(16)17/h5-8H,4H2,1-3H3,(H,13,15). The molecule has 0 aliphatic carbocycles. The molecule has 1 aromatic rings. The number of rotatable bonds is 4. The first-order valence-electron chi connectivity index (χ1n) is 5.51. The Bertz CT molecular complexity index is 443. The number of anilines is 1. The highest BCUT2D eigenvalue weighted by Crippen LogP contribution is 2.29. The van der Waals surface area contributed by atoms with Crippen LogP contribution in [-0.2, 0) is 4.79 Å². The number of nitrogens with one attached hydrogen (secondary N) is 1. The van der Waals surface area contributed by atoms with Crippen LogP contribution in [0.3, 0.4) is 0 Å². The monoisotopic (exact) mass is 236 g/mol. The van der Waals surface area contributed by atoms with E-state index in [4.69, 9.17) is 0 Å². The minimum atomic E-state index is -0.475. The van der Waals surface area contributed by atoms with Gasteiger partial charge in [0.25, 0.3) is 5.69 Å². The Kier molecular flexibility index (Phi) is 4.20. The molecule has 1 rings (SSSR count). The van der Waals surface area contributed by atoms with Crippen molar-refractivity contribution in [3.05, 3.63) is 33.9 Å². The van der Waals surface area contributed by atoms with E-state index < -0.39 is 4.92 Å². The summed E-state index contributed by atoms with van der Waals surface area (Å²) in [6.45, 7) is 5.36. The summed E-state index contributed by atoms with van der Waals surface area (Å²) in [5.74, 6) is -0.0514. The maximum absolute atomic E-state index is 10.9. The fourth-order valence-corrected chi connectivity index (χ4v) is 1.54. The molecule has 92 valence electrons. The number of nitro benzene ring substituents is 1. The summed E-state index contributed by atoms with van der Waals surface area (Å²) in [4.78, 5) is 21.4. The fraction of sp³-hybridized carbons (Fsp3) is 0.417. The molecule has 17 heavy (non-hydrogen) atoms. The van der Waals surface area contributed by atoms with Gasteiger partial charge in [0.1, 0.15) is 5.69 Å². The van der Waals surface area contributed by atoms with Gasteiger partial charge in [-0.25, -0.2) is 0 Å². The lowest BCUT2D eigenvalue weighted by Gasteiger charge is -2.10. The van der Waals surface area contributed by atoms with Crippen LogP contribution >= 0.6 is 0 Å². The summed E-state index contributed by atoms with van der Waals surface area (Å²) in [6, 6.07) is 4.92. The summed E-state index contributed by atoms with van der Waals surface area (Å²) >= 11 is 0. The third-order valence-electron chi connectivity index (χ3n) is 2.71. The van der Waals surface area contributed by atoms with Gasteiger partial charge in [0.05, 0.1) is 4.92 Å². The van der Waals surface area contributed by atoms with Gasteiger partial charge in [-0.15, -0.1) is 0 Å². The van der Waals surface area contributed by atoms with Crippen LogP contribution in [-0.4, -0.2) is 10.8 Å². The van der Waals surface area contributed by atoms with Gasteiger partial charge < -0.3 is 5.32 Å². The Labute approximate surface area is 100.0 Å². The van der Waals surface area contributed by atoms with E-state index in [0.717, 1.165) is 12.0 Å². The highest BCUT2D eigenvalue weighted by Gasteiger charge is 2.17. The second kappa shape index (κ2) is 5.43. The van der Waals surface area contributed by atoms with Crippen LogP contribution in [0.1, 0.15) is 38.7 Å². The normalized spacial score (nSPS) is 11.9. The molecular formula is C12H16N2O3. The molecule has 1 aromatic carbocycles. The molecule has 0 saturated heterocycles. The molecule has 0 aromatic heterocycles. The van der Waals surface area contributed by atoms with Gasteiger partial charge in [0, 0.05) is 13.0 Å². The van der Waals surface area contributed by atoms with Gasteiger partial charge in [-0.05, 0) is 24.0 Å². The van der Waals surface area contributed by atoms with Crippen molar-refractivity contribution in [2.45, 2.75) is 33.1 Å². The Morgan fingerprint density at radius 1 is 1.53 bits per heavy atom. The van der Waals surface area contributed by atoms with Gasteiger partial charge in [-0.2, -0.15) is 0 Å². The molecule has 5 heteroatoms. The topological polar surface area (TPSA) is 72.2 Å². The van der Waals surface area contributed by atoms with Crippen LogP contribution in [0.5, 0.6) is 0 Å². The third-order valence-corrected chi connectivity index (χ3v) is 2.71. The SMILES string of the molecule is CCC(C)c1ccc(NC(C)=O)c([N+](=O)[O-])c1.